The van der Waals surface area contributed by atoms with E-state index in [9.17, 15) is 0 Å². The first kappa shape index (κ1) is 14.8. The highest BCUT2D eigenvalue weighted by Crippen LogP contribution is 2.40. The topological polar surface area (TPSA) is 15.3 Å². The number of likely N-dealkylation sites (tertiary alicyclic amines) is 1. The minimum Gasteiger partial charge on any atom is -0.313 e. The molecule has 1 heterocycles. The Morgan fingerprint density at radius 1 is 1.05 bits per heavy atom. The molecule has 2 heteroatoms. The van der Waals surface area contributed by atoms with Gasteiger partial charge in [0.25, 0.3) is 0 Å². The van der Waals surface area contributed by atoms with Crippen molar-refractivity contribution in [3.8, 4) is 0 Å². The van der Waals surface area contributed by atoms with Gasteiger partial charge in [-0.1, -0.05) is 26.2 Å². The predicted octanol–water partition coefficient (Wildman–Crippen LogP) is 3.95. The van der Waals surface area contributed by atoms with Gasteiger partial charge in [0, 0.05) is 31.2 Å². The quantitative estimate of drug-likeness (QED) is 0.791. The SMILES string of the molecule is CCC1CCC(C)N1CC1(CNC2CC2)CCCCC1. The summed E-state index contributed by atoms with van der Waals surface area (Å²) in [4.78, 5) is 2.87. The molecule has 1 saturated heterocycles. The molecule has 0 aromatic heterocycles. The lowest BCUT2D eigenvalue weighted by atomic mass is 9.73. The predicted molar refractivity (Wildman–Crippen MR) is 86.0 cm³/mol. The molecule has 3 rings (SSSR count). The molecule has 2 atom stereocenters. The highest BCUT2D eigenvalue weighted by atomic mass is 15.2. The maximum atomic E-state index is 3.86. The smallest absolute Gasteiger partial charge is 0.00962 e. The third-order valence-electron chi connectivity index (χ3n) is 6.20. The molecule has 1 N–H and O–H groups in total. The Bertz CT molecular complexity index is 305. The van der Waals surface area contributed by atoms with Crippen molar-refractivity contribution in [2.24, 2.45) is 5.41 Å². The lowest BCUT2D eigenvalue weighted by Gasteiger charge is -2.43. The van der Waals surface area contributed by atoms with Crippen molar-refractivity contribution < 1.29 is 0 Å². The average molecular weight is 278 g/mol. The number of rotatable bonds is 6. The van der Waals surface area contributed by atoms with Gasteiger partial charge >= 0.3 is 0 Å². The van der Waals surface area contributed by atoms with Crippen LogP contribution in [0.3, 0.4) is 0 Å². The third kappa shape index (κ3) is 3.39. The summed E-state index contributed by atoms with van der Waals surface area (Å²) in [5, 5.41) is 3.86. The minimum atomic E-state index is 0.590. The van der Waals surface area contributed by atoms with Gasteiger partial charge in [-0.2, -0.15) is 0 Å². The Hall–Kier alpha value is -0.0800. The summed E-state index contributed by atoms with van der Waals surface area (Å²) in [7, 11) is 0. The fourth-order valence-electron chi connectivity index (χ4n) is 4.58. The van der Waals surface area contributed by atoms with Crippen LogP contribution < -0.4 is 5.32 Å². The second kappa shape index (κ2) is 6.36. The molecular formula is C18H34N2. The van der Waals surface area contributed by atoms with Gasteiger partial charge in [0.2, 0.25) is 0 Å². The fourth-order valence-corrected chi connectivity index (χ4v) is 4.58. The van der Waals surface area contributed by atoms with E-state index in [0.29, 0.717) is 5.41 Å². The lowest BCUT2D eigenvalue weighted by molar-refractivity contribution is 0.0731. The molecular weight excluding hydrogens is 244 g/mol. The summed E-state index contributed by atoms with van der Waals surface area (Å²) in [6, 6.07) is 2.55. The molecule has 20 heavy (non-hydrogen) atoms. The Kier molecular flexibility index (Phi) is 4.72. The second-order valence-corrected chi connectivity index (χ2v) is 7.88. The van der Waals surface area contributed by atoms with Crippen molar-refractivity contribution in [3.63, 3.8) is 0 Å². The van der Waals surface area contributed by atoms with Gasteiger partial charge in [0.1, 0.15) is 0 Å². The van der Waals surface area contributed by atoms with E-state index >= 15 is 0 Å². The zero-order valence-corrected chi connectivity index (χ0v) is 13.7. The van der Waals surface area contributed by atoms with Crippen molar-refractivity contribution >= 4 is 0 Å². The number of nitrogens with one attached hydrogen (secondary N) is 1. The molecule has 0 spiro atoms. The van der Waals surface area contributed by atoms with E-state index in [1.807, 2.05) is 0 Å². The highest BCUT2D eigenvalue weighted by molar-refractivity contribution is 4.95. The van der Waals surface area contributed by atoms with Gasteiger partial charge in [-0.3, -0.25) is 4.90 Å². The molecule has 2 saturated carbocycles. The summed E-state index contributed by atoms with van der Waals surface area (Å²) in [6.45, 7) is 7.50. The Morgan fingerprint density at radius 2 is 1.80 bits per heavy atom. The van der Waals surface area contributed by atoms with Crippen LogP contribution in [0.25, 0.3) is 0 Å². The summed E-state index contributed by atoms with van der Waals surface area (Å²) >= 11 is 0. The third-order valence-corrected chi connectivity index (χ3v) is 6.20. The summed E-state index contributed by atoms with van der Waals surface area (Å²) in [6.07, 6.45) is 14.4. The van der Waals surface area contributed by atoms with Crippen molar-refractivity contribution in [1.82, 2.24) is 10.2 Å². The van der Waals surface area contributed by atoms with Crippen molar-refractivity contribution in [2.45, 2.75) is 96.2 Å². The van der Waals surface area contributed by atoms with Crippen LogP contribution >= 0.6 is 0 Å². The van der Waals surface area contributed by atoms with E-state index < -0.39 is 0 Å². The van der Waals surface area contributed by atoms with E-state index in [1.54, 1.807) is 0 Å². The fraction of sp³-hybridized carbons (Fsp3) is 1.00. The van der Waals surface area contributed by atoms with Gasteiger partial charge in [0.15, 0.2) is 0 Å². The molecule has 3 fully saturated rings. The molecule has 116 valence electrons. The monoisotopic (exact) mass is 278 g/mol. The molecule has 0 aromatic rings. The van der Waals surface area contributed by atoms with Crippen molar-refractivity contribution in [3.05, 3.63) is 0 Å². The summed E-state index contributed by atoms with van der Waals surface area (Å²) < 4.78 is 0. The standard InChI is InChI=1S/C18H34N2/c1-3-17-10-7-15(2)20(17)14-18(11-5-4-6-12-18)13-19-16-8-9-16/h15-17,19H,3-14H2,1-2H3. The van der Waals surface area contributed by atoms with Crippen LogP contribution in [0.4, 0.5) is 0 Å². The van der Waals surface area contributed by atoms with Crippen LogP contribution in [0.1, 0.15) is 78.1 Å². The number of nitrogens with zero attached hydrogens (tertiary/aromatic N) is 1. The van der Waals surface area contributed by atoms with Crippen LogP contribution in [0.5, 0.6) is 0 Å². The maximum Gasteiger partial charge on any atom is 0.00962 e. The van der Waals surface area contributed by atoms with Gasteiger partial charge in [-0.05, 0) is 57.3 Å². The zero-order valence-electron chi connectivity index (χ0n) is 13.7. The van der Waals surface area contributed by atoms with Gasteiger partial charge in [-0.25, -0.2) is 0 Å². The van der Waals surface area contributed by atoms with Gasteiger partial charge < -0.3 is 5.32 Å². The van der Waals surface area contributed by atoms with Crippen LogP contribution in [0.15, 0.2) is 0 Å². The molecule has 0 amide bonds. The minimum absolute atomic E-state index is 0.590. The van der Waals surface area contributed by atoms with Crippen molar-refractivity contribution in [1.29, 1.82) is 0 Å². The molecule has 1 aliphatic heterocycles. The molecule has 0 radical (unpaired) electrons. The van der Waals surface area contributed by atoms with Gasteiger partial charge in [-0.15, -0.1) is 0 Å². The summed E-state index contributed by atoms with van der Waals surface area (Å²) in [5.74, 6) is 0. The number of hydrogen-bond acceptors (Lipinski definition) is 2. The Labute approximate surface area is 125 Å². The van der Waals surface area contributed by atoms with Crippen LogP contribution in [-0.2, 0) is 0 Å². The van der Waals surface area contributed by atoms with Crippen LogP contribution in [0.2, 0.25) is 0 Å². The maximum absolute atomic E-state index is 3.86. The van der Waals surface area contributed by atoms with Crippen LogP contribution in [0, 0.1) is 5.41 Å². The van der Waals surface area contributed by atoms with E-state index in [-0.39, 0.29) is 0 Å². The second-order valence-electron chi connectivity index (χ2n) is 7.88. The normalized spacial score (nSPS) is 34.5. The highest BCUT2D eigenvalue weighted by Gasteiger charge is 2.39. The van der Waals surface area contributed by atoms with Crippen molar-refractivity contribution in [2.75, 3.05) is 13.1 Å². The average Bonchev–Trinajstić information content (AvgIpc) is 3.24. The largest absolute Gasteiger partial charge is 0.313 e. The Balaban J connectivity index is 1.64. The summed E-state index contributed by atoms with van der Waals surface area (Å²) in [5.41, 5.74) is 0.590. The molecule has 2 nitrogen and oxygen atoms in total. The van der Waals surface area contributed by atoms with E-state index in [2.05, 4.69) is 24.1 Å². The number of hydrogen-bond donors (Lipinski definition) is 1. The first-order valence-corrected chi connectivity index (χ1v) is 9.21. The molecule has 3 aliphatic rings. The molecule has 0 aromatic carbocycles. The van der Waals surface area contributed by atoms with E-state index in [1.165, 1.54) is 77.3 Å². The molecule has 2 aliphatic carbocycles. The Morgan fingerprint density at radius 3 is 2.45 bits per heavy atom. The molecule has 0 bridgehead atoms. The van der Waals surface area contributed by atoms with Crippen LogP contribution in [-0.4, -0.2) is 36.1 Å². The zero-order chi connectivity index (χ0) is 14.0. The lowest BCUT2D eigenvalue weighted by Crippen LogP contribution is -2.49. The first-order chi connectivity index (χ1) is 9.72. The first-order valence-electron chi connectivity index (χ1n) is 9.21. The van der Waals surface area contributed by atoms with Gasteiger partial charge in [0.05, 0.1) is 0 Å². The van der Waals surface area contributed by atoms with E-state index in [4.69, 9.17) is 0 Å². The van der Waals surface area contributed by atoms with E-state index in [0.717, 1.165) is 18.1 Å². The molecule has 2 unspecified atom stereocenters.